The first-order valence-corrected chi connectivity index (χ1v) is 13.1. The molecule has 0 spiro atoms. The quantitative estimate of drug-likeness (QED) is 0.406. The van der Waals surface area contributed by atoms with E-state index in [-0.39, 0.29) is 19.1 Å². The third-order valence-electron chi connectivity index (χ3n) is 7.68. The highest BCUT2D eigenvalue weighted by atomic mass is 16.5. The zero-order chi connectivity index (χ0) is 27.6. The van der Waals surface area contributed by atoms with Crippen LogP contribution in [0.25, 0.3) is 11.1 Å². The minimum absolute atomic E-state index is 0.114. The Morgan fingerprint density at radius 1 is 0.949 bits per heavy atom. The van der Waals surface area contributed by atoms with Crippen molar-refractivity contribution in [3.63, 3.8) is 0 Å². The van der Waals surface area contributed by atoms with Crippen molar-refractivity contribution >= 4 is 18.0 Å². The number of hydrogen-bond acceptors (Lipinski definition) is 5. The Hall–Kier alpha value is -4.17. The fourth-order valence-corrected chi connectivity index (χ4v) is 5.50. The van der Waals surface area contributed by atoms with E-state index in [1.54, 1.807) is 0 Å². The fourth-order valence-electron chi connectivity index (χ4n) is 5.50. The average molecular weight is 528 g/mol. The second-order valence-corrected chi connectivity index (χ2v) is 10.9. The number of carboxylic acid groups (broad SMARTS) is 1. The molecule has 1 aliphatic carbocycles. The normalized spacial score (nSPS) is 18.7. The molecule has 202 valence electrons. The van der Waals surface area contributed by atoms with Crippen LogP contribution in [0.15, 0.2) is 78.9 Å². The van der Waals surface area contributed by atoms with E-state index in [1.165, 1.54) is 13.8 Å². The molecule has 3 aromatic rings. The Bertz CT molecular complexity index is 1340. The molecule has 8 heteroatoms. The average Bonchev–Trinajstić information content (AvgIpc) is 3.47. The minimum atomic E-state index is -1.50. The molecular weight excluding hydrogens is 494 g/mol. The first kappa shape index (κ1) is 26.4. The third-order valence-corrected chi connectivity index (χ3v) is 7.68. The van der Waals surface area contributed by atoms with Gasteiger partial charge in [-0.25, -0.2) is 9.59 Å². The van der Waals surface area contributed by atoms with Crippen LogP contribution >= 0.6 is 0 Å². The largest absolute Gasteiger partial charge is 0.480 e. The number of alkyl carbamates (subject to hydrolysis) is 1. The Kier molecular flexibility index (Phi) is 7.14. The van der Waals surface area contributed by atoms with Crippen molar-refractivity contribution in [1.82, 2.24) is 15.5 Å². The molecule has 1 unspecified atom stereocenters. The van der Waals surface area contributed by atoms with Gasteiger partial charge in [0.2, 0.25) is 5.91 Å². The van der Waals surface area contributed by atoms with Crippen molar-refractivity contribution in [2.24, 2.45) is 0 Å². The number of aliphatic carboxylic acids is 1. The van der Waals surface area contributed by atoms with Crippen molar-refractivity contribution in [3.8, 4) is 11.1 Å². The number of benzene rings is 3. The van der Waals surface area contributed by atoms with Crippen molar-refractivity contribution in [2.75, 3.05) is 19.7 Å². The van der Waals surface area contributed by atoms with E-state index in [0.717, 1.165) is 27.8 Å². The van der Waals surface area contributed by atoms with Crippen LogP contribution in [0.2, 0.25) is 0 Å². The monoisotopic (exact) mass is 527 g/mol. The van der Waals surface area contributed by atoms with E-state index in [1.807, 2.05) is 66.7 Å². The van der Waals surface area contributed by atoms with Gasteiger partial charge in [0.25, 0.3) is 0 Å². The lowest BCUT2D eigenvalue weighted by molar-refractivity contribution is -0.147. The van der Waals surface area contributed by atoms with E-state index in [4.69, 9.17) is 4.74 Å². The van der Waals surface area contributed by atoms with Gasteiger partial charge in [0, 0.05) is 25.6 Å². The number of nitrogens with zero attached hydrogens (tertiary/aromatic N) is 1. The molecular formula is C31H33N3O5. The molecule has 39 heavy (non-hydrogen) atoms. The van der Waals surface area contributed by atoms with Crippen LogP contribution in [0.4, 0.5) is 4.79 Å². The number of hydrogen-bond donors (Lipinski definition) is 3. The highest BCUT2D eigenvalue weighted by Gasteiger charge is 2.48. The lowest BCUT2D eigenvalue weighted by Crippen LogP contribution is -2.64. The van der Waals surface area contributed by atoms with Crippen LogP contribution < -0.4 is 10.6 Å². The number of fused-ring (bicyclic) bond motifs is 3. The Labute approximate surface area is 228 Å². The maximum Gasteiger partial charge on any atom is 0.408 e. The Morgan fingerprint density at radius 2 is 1.54 bits per heavy atom. The van der Waals surface area contributed by atoms with Crippen molar-refractivity contribution in [2.45, 2.75) is 43.8 Å². The number of amides is 2. The molecule has 0 aromatic heterocycles. The number of carbonyl (C=O) groups excluding carboxylic acids is 2. The van der Waals surface area contributed by atoms with Gasteiger partial charge in [-0.05, 0) is 48.1 Å². The summed E-state index contributed by atoms with van der Waals surface area (Å²) in [5, 5.41) is 15.0. The predicted octanol–water partition coefficient (Wildman–Crippen LogP) is 4.15. The van der Waals surface area contributed by atoms with Gasteiger partial charge in [-0.15, -0.1) is 0 Å². The summed E-state index contributed by atoms with van der Waals surface area (Å²) >= 11 is 0. The molecule has 2 amide bonds. The number of nitrogens with one attached hydrogen (secondary N) is 2. The van der Waals surface area contributed by atoms with Crippen molar-refractivity contribution < 1.29 is 24.2 Å². The van der Waals surface area contributed by atoms with Gasteiger partial charge in [0.05, 0.1) is 0 Å². The predicted molar refractivity (Wildman–Crippen MR) is 147 cm³/mol. The van der Waals surface area contributed by atoms with Crippen molar-refractivity contribution in [1.29, 1.82) is 0 Å². The second kappa shape index (κ2) is 10.5. The third kappa shape index (κ3) is 5.38. The number of rotatable bonds is 8. The summed E-state index contributed by atoms with van der Waals surface area (Å²) in [5.41, 5.74) is 2.70. The first-order chi connectivity index (χ1) is 18.7. The maximum absolute atomic E-state index is 13.5. The summed E-state index contributed by atoms with van der Waals surface area (Å²) in [6.45, 7) is 4.35. The highest BCUT2D eigenvalue weighted by Crippen LogP contribution is 2.44. The molecule has 2 aliphatic rings. The standard InChI is InChI=1S/C31H33N3O5/c1-30(2,28(36)37)32-27(35)31(16-17-34(20-31)18-21-10-4-3-5-11-21)33-29(38)39-19-26-24-14-8-6-12-22(24)23-13-7-9-15-25(23)26/h3-15,26H,16-20H2,1-2H3,(H,32,35)(H,33,38)(H,36,37). The number of carbonyl (C=O) groups is 3. The van der Waals surface area contributed by atoms with Crippen LogP contribution in [-0.2, 0) is 20.9 Å². The minimum Gasteiger partial charge on any atom is -0.480 e. The highest BCUT2D eigenvalue weighted by molar-refractivity contribution is 5.94. The van der Waals surface area contributed by atoms with Crippen LogP contribution in [0.1, 0.15) is 42.9 Å². The molecule has 5 rings (SSSR count). The number of likely N-dealkylation sites (tertiary alicyclic amines) is 1. The number of ether oxygens (including phenoxy) is 1. The van der Waals surface area contributed by atoms with Crippen LogP contribution in [0, 0.1) is 0 Å². The molecule has 8 nitrogen and oxygen atoms in total. The molecule has 0 saturated carbocycles. The van der Waals surface area contributed by atoms with Gasteiger partial charge in [0.1, 0.15) is 17.7 Å². The van der Waals surface area contributed by atoms with Crippen LogP contribution in [0.3, 0.4) is 0 Å². The summed E-state index contributed by atoms with van der Waals surface area (Å²) < 4.78 is 5.74. The fraction of sp³-hybridized carbons (Fsp3) is 0.323. The zero-order valence-corrected chi connectivity index (χ0v) is 22.1. The van der Waals surface area contributed by atoms with E-state index in [2.05, 4.69) is 27.7 Å². The molecule has 1 fully saturated rings. The number of carboxylic acids is 1. The smallest absolute Gasteiger partial charge is 0.408 e. The summed E-state index contributed by atoms with van der Waals surface area (Å²) in [7, 11) is 0. The summed E-state index contributed by atoms with van der Waals surface area (Å²) in [4.78, 5) is 40.5. The summed E-state index contributed by atoms with van der Waals surface area (Å²) in [5.74, 6) is -1.82. The van der Waals surface area contributed by atoms with Gasteiger partial charge in [0.15, 0.2) is 0 Å². The molecule has 0 bridgehead atoms. The molecule has 0 radical (unpaired) electrons. The van der Waals surface area contributed by atoms with Crippen LogP contribution in [-0.4, -0.2) is 58.8 Å². The Balaban J connectivity index is 1.32. The molecule has 3 N–H and O–H groups in total. The molecule has 1 atom stereocenters. The van der Waals surface area contributed by atoms with Gasteiger partial charge in [-0.3, -0.25) is 9.69 Å². The van der Waals surface area contributed by atoms with Crippen molar-refractivity contribution in [3.05, 3.63) is 95.6 Å². The van der Waals surface area contributed by atoms with E-state index >= 15 is 0 Å². The summed E-state index contributed by atoms with van der Waals surface area (Å²) in [6.07, 6.45) is -0.382. The molecule has 1 saturated heterocycles. The van der Waals surface area contributed by atoms with Gasteiger partial charge < -0.3 is 20.5 Å². The van der Waals surface area contributed by atoms with E-state index < -0.39 is 29.0 Å². The lowest BCUT2D eigenvalue weighted by atomic mass is 9.95. The maximum atomic E-state index is 13.5. The van der Waals surface area contributed by atoms with E-state index in [9.17, 15) is 19.5 Å². The first-order valence-electron chi connectivity index (χ1n) is 13.1. The lowest BCUT2D eigenvalue weighted by Gasteiger charge is -2.32. The molecule has 3 aromatic carbocycles. The van der Waals surface area contributed by atoms with Gasteiger partial charge in [-0.2, -0.15) is 0 Å². The van der Waals surface area contributed by atoms with Crippen LogP contribution in [0.5, 0.6) is 0 Å². The summed E-state index contributed by atoms with van der Waals surface area (Å²) in [6, 6.07) is 26.0. The van der Waals surface area contributed by atoms with E-state index in [0.29, 0.717) is 19.5 Å². The second-order valence-electron chi connectivity index (χ2n) is 10.9. The SMILES string of the molecule is CC(C)(NC(=O)C1(NC(=O)OCC2c3ccccc3-c3ccccc32)CCN(Cc2ccccc2)C1)C(=O)O. The molecule has 1 heterocycles. The van der Waals surface area contributed by atoms with Gasteiger partial charge in [-0.1, -0.05) is 78.9 Å². The van der Waals surface area contributed by atoms with Gasteiger partial charge >= 0.3 is 12.1 Å². The molecule has 1 aliphatic heterocycles. The Morgan fingerprint density at radius 3 is 2.15 bits per heavy atom. The topological polar surface area (TPSA) is 108 Å². The zero-order valence-electron chi connectivity index (χ0n) is 22.1.